The Kier molecular flexibility index (Phi) is 4.14. The Morgan fingerprint density at radius 2 is 2.00 bits per heavy atom. The van der Waals surface area contributed by atoms with E-state index in [4.69, 9.17) is 5.73 Å². The van der Waals surface area contributed by atoms with Gasteiger partial charge in [0.25, 0.3) is 5.91 Å². The Balaban J connectivity index is 2.11. The molecule has 0 aliphatic rings. The number of primary amides is 1. The predicted octanol–water partition coefficient (Wildman–Crippen LogP) is 1.18. The molecule has 0 spiro atoms. The van der Waals surface area contributed by atoms with Crippen molar-refractivity contribution in [3.8, 4) is 0 Å². The molecule has 6 nitrogen and oxygen atoms in total. The van der Waals surface area contributed by atoms with Crippen LogP contribution in [-0.2, 0) is 17.8 Å². The van der Waals surface area contributed by atoms with Crippen molar-refractivity contribution in [2.45, 2.75) is 19.9 Å². The van der Waals surface area contributed by atoms with Crippen molar-refractivity contribution < 1.29 is 9.59 Å². The van der Waals surface area contributed by atoms with E-state index in [0.29, 0.717) is 12.2 Å². The number of aryl methyl sites for hydroxylation is 1. The number of hydrogen-bond donors (Lipinski definition) is 2. The first-order valence-electron chi connectivity index (χ1n) is 6.31. The summed E-state index contributed by atoms with van der Waals surface area (Å²) in [7, 11) is 0. The van der Waals surface area contributed by atoms with Crippen LogP contribution in [0, 0.1) is 0 Å². The molecule has 1 heterocycles. The van der Waals surface area contributed by atoms with Crippen molar-refractivity contribution in [3.63, 3.8) is 0 Å². The standard InChI is InChI=1S/C14H16N4O2/c1-2-18-9-11(13(17-18)14(15)20)16-12(19)8-10-6-4-3-5-7-10/h3-7,9H,2,8H2,1H3,(H2,15,20)(H,16,19). The first kappa shape index (κ1) is 13.8. The van der Waals surface area contributed by atoms with Gasteiger partial charge in [-0.25, -0.2) is 0 Å². The molecule has 2 amide bonds. The van der Waals surface area contributed by atoms with Crippen LogP contribution in [0.25, 0.3) is 0 Å². The molecule has 2 aromatic rings. The topological polar surface area (TPSA) is 90.0 Å². The molecule has 0 aliphatic carbocycles. The average molecular weight is 272 g/mol. The maximum Gasteiger partial charge on any atom is 0.271 e. The highest BCUT2D eigenvalue weighted by atomic mass is 16.2. The van der Waals surface area contributed by atoms with E-state index in [0.717, 1.165) is 5.56 Å². The zero-order valence-electron chi connectivity index (χ0n) is 11.2. The molecule has 0 aliphatic heterocycles. The fourth-order valence-corrected chi connectivity index (χ4v) is 1.83. The van der Waals surface area contributed by atoms with Crippen molar-refractivity contribution >= 4 is 17.5 Å². The third kappa shape index (κ3) is 3.23. The van der Waals surface area contributed by atoms with Gasteiger partial charge >= 0.3 is 0 Å². The Hall–Kier alpha value is -2.63. The number of anilines is 1. The third-order valence-corrected chi connectivity index (χ3v) is 2.80. The van der Waals surface area contributed by atoms with Gasteiger partial charge in [-0.05, 0) is 12.5 Å². The summed E-state index contributed by atoms with van der Waals surface area (Å²) in [5, 5.41) is 6.69. The lowest BCUT2D eigenvalue weighted by atomic mass is 10.1. The van der Waals surface area contributed by atoms with Crippen LogP contribution >= 0.6 is 0 Å². The Bertz CT molecular complexity index is 619. The van der Waals surface area contributed by atoms with E-state index in [9.17, 15) is 9.59 Å². The van der Waals surface area contributed by atoms with Gasteiger partial charge in [-0.3, -0.25) is 14.3 Å². The molecule has 0 atom stereocenters. The molecule has 0 unspecified atom stereocenters. The van der Waals surface area contributed by atoms with Gasteiger partial charge in [0.1, 0.15) is 0 Å². The summed E-state index contributed by atoms with van der Waals surface area (Å²) in [4.78, 5) is 23.2. The quantitative estimate of drug-likeness (QED) is 0.856. The normalized spacial score (nSPS) is 10.2. The zero-order valence-corrected chi connectivity index (χ0v) is 11.2. The SMILES string of the molecule is CCn1cc(NC(=O)Cc2ccccc2)c(C(N)=O)n1. The van der Waals surface area contributed by atoms with Crippen molar-refractivity contribution in [1.29, 1.82) is 0 Å². The molecular formula is C14H16N4O2. The number of carbonyl (C=O) groups excluding carboxylic acids is 2. The summed E-state index contributed by atoms with van der Waals surface area (Å²) in [6, 6.07) is 9.35. The maximum atomic E-state index is 12.0. The molecule has 0 radical (unpaired) electrons. The second-order valence-corrected chi connectivity index (χ2v) is 4.32. The molecule has 0 fully saturated rings. The predicted molar refractivity (Wildman–Crippen MR) is 75.2 cm³/mol. The van der Waals surface area contributed by atoms with Gasteiger partial charge < -0.3 is 11.1 Å². The van der Waals surface area contributed by atoms with Crippen molar-refractivity contribution in [2.24, 2.45) is 5.73 Å². The first-order chi connectivity index (χ1) is 9.60. The molecule has 2 rings (SSSR count). The summed E-state index contributed by atoms with van der Waals surface area (Å²) in [6.45, 7) is 2.47. The van der Waals surface area contributed by atoms with E-state index in [2.05, 4.69) is 10.4 Å². The van der Waals surface area contributed by atoms with Crippen LogP contribution in [0.3, 0.4) is 0 Å². The number of carbonyl (C=O) groups is 2. The van der Waals surface area contributed by atoms with Crippen molar-refractivity contribution in [2.75, 3.05) is 5.32 Å². The third-order valence-electron chi connectivity index (χ3n) is 2.80. The zero-order chi connectivity index (χ0) is 14.5. The Labute approximate surface area is 116 Å². The molecule has 3 N–H and O–H groups in total. The maximum absolute atomic E-state index is 12.0. The summed E-state index contributed by atoms with van der Waals surface area (Å²) in [6.07, 6.45) is 1.83. The summed E-state index contributed by atoms with van der Waals surface area (Å²) in [5.74, 6) is -0.874. The molecule has 1 aromatic heterocycles. The number of nitrogens with zero attached hydrogens (tertiary/aromatic N) is 2. The van der Waals surface area contributed by atoms with Crippen LogP contribution in [0.4, 0.5) is 5.69 Å². The van der Waals surface area contributed by atoms with Gasteiger partial charge in [-0.15, -0.1) is 0 Å². The number of nitrogens with two attached hydrogens (primary N) is 1. The van der Waals surface area contributed by atoms with Gasteiger partial charge in [0, 0.05) is 12.7 Å². The number of amides is 2. The molecule has 20 heavy (non-hydrogen) atoms. The van der Waals surface area contributed by atoms with E-state index in [1.165, 1.54) is 0 Å². The van der Waals surface area contributed by atoms with Crippen molar-refractivity contribution in [3.05, 3.63) is 47.8 Å². The highest BCUT2D eigenvalue weighted by molar-refractivity contribution is 6.01. The fraction of sp³-hybridized carbons (Fsp3) is 0.214. The molecule has 0 saturated carbocycles. The lowest BCUT2D eigenvalue weighted by molar-refractivity contribution is -0.115. The van der Waals surface area contributed by atoms with E-state index in [1.54, 1.807) is 10.9 Å². The lowest BCUT2D eigenvalue weighted by Crippen LogP contribution is -2.19. The van der Waals surface area contributed by atoms with E-state index in [1.807, 2.05) is 37.3 Å². The minimum Gasteiger partial charge on any atom is -0.364 e. The van der Waals surface area contributed by atoms with Crippen LogP contribution in [-0.4, -0.2) is 21.6 Å². The second kappa shape index (κ2) is 6.01. The molecule has 0 saturated heterocycles. The van der Waals surface area contributed by atoms with Crippen LogP contribution in [0.1, 0.15) is 23.0 Å². The van der Waals surface area contributed by atoms with Gasteiger partial charge in [0.2, 0.25) is 5.91 Å². The molecular weight excluding hydrogens is 256 g/mol. The summed E-state index contributed by atoms with van der Waals surface area (Å²) in [5.41, 5.74) is 6.57. The minimum atomic E-state index is -0.660. The molecule has 6 heteroatoms. The second-order valence-electron chi connectivity index (χ2n) is 4.32. The minimum absolute atomic E-state index is 0.0771. The van der Waals surface area contributed by atoms with E-state index in [-0.39, 0.29) is 18.0 Å². The lowest BCUT2D eigenvalue weighted by Gasteiger charge is -2.03. The average Bonchev–Trinajstić information content (AvgIpc) is 2.83. The number of rotatable bonds is 5. The van der Waals surface area contributed by atoms with E-state index >= 15 is 0 Å². The van der Waals surface area contributed by atoms with Gasteiger partial charge in [-0.2, -0.15) is 5.10 Å². The van der Waals surface area contributed by atoms with E-state index < -0.39 is 5.91 Å². The van der Waals surface area contributed by atoms with Crippen molar-refractivity contribution in [1.82, 2.24) is 9.78 Å². The Morgan fingerprint density at radius 1 is 1.30 bits per heavy atom. The highest BCUT2D eigenvalue weighted by Gasteiger charge is 2.16. The van der Waals surface area contributed by atoms with Gasteiger partial charge in [0.05, 0.1) is 12.1 Å². The monoisotopic (exact) mass is 272 g/mol. The number of benzene rings is 1. The number of hydrogen-bond acceptors (Lipinski definition) is 3. The fourth-order valence-electron chi connectivity index (χ4n) is 1.83. The van der Waals surface area contributed by atoms with Crippen LogP contribution < -0.4 is 11.1 Å². The van der Waals surface area contributed by atoms with Gasteiger partial charge in [-0.1, -0.05) is 30.3 Å². The van der Waals surface area contributed by atoms with Crippen LogP contribution in [0.5, 0.6) is 0 Å². The summed E-state index contributed by atoms with van der Waals surface area (Å²) < 4.78 is 1.55. The smallest absolute Gasteiger partial charge is 0.271 e. The molecule has 1 aromatic carbocycles. The highest BCUT2D eigenvalue weighted by Crippen LogP contribution is 2.14. The molecule has 0 bridgehead atoms. The first-order valence-corrected chi connectivity index (χ1v) is 6.31. The number of aromatic nitrogens is 2. The van der Waals surface area contributed by atoms with Crippen LogP contribution in [0.15, 0.2) is 36.5 Å². The molecule has 104 valence electrons. The number of nitrogens with one attached hydrogen (secondary N) is 1. The van der Waals surface area contributed by atoms with Crippen LogP contribution in [0.2, 0.25) is 0 Å². The van der Waals surface area contributed by atoms with Gasteiger partial charge in [0.15, 0.2) is 5.69 Å². The largest absolute Gasteiger partial charge is 0.364 e. The Morgan fingerprint density at radius 3 is 2.60 bits per heavy atom. The summed E-state index contributed by atoms with van der Waals surface area (Å²) >= 11 is 0.